The Morgan fingerprint density at radius 3 is 2.71 bits per heavy atom. The van der Waals surface area contributed by atoms with Gasteiger partial charge in [-0.25, -0.2) is 0 Å². The number of thioether (sulfide) groups is 1. The predicted octanol–water partition coefficient (Wildman–Crippen LogP) is 2.27. The number of amides is 2. The molecule has 118 valence electrons. The van der Waals surface area contributed by atoms with E-state index in [1.54, 1.807) is 0 Å². The first-order chi connectivity index (χ1) is 10.1. The summed E-state index contributed by atoms with van der Waals surface area (Å²) >= 11 is 1.96. The van der Waals surface area contributed by atoms with Gasteiger partial charge in [-0.3, -0.25) is 9.59 Å². The highest BCUT2D eigenvalue weighted by molar-refractivity contribution is 8.00. The molecule has 0 aromatic carbocycles. The molecule has 3 rings (SSSR count). The molecule has 0 aliphatic carbocycles. The summed E-state index contributed by atoms with van der Waals surface area (Å²) in [4.78, 5) is 29.5. The van der Waals surface area contributed by atoms with Gasteiger partial charge in [0, 0.05) is 17.8 Å². The molecule has 2 amide bonds. The number of rotatable bonds is 3. The quantitative estimate of drug-likeness (QED) is 0.803. The molecule has 21 heavy (non-hydrogen) atoms. The van der Waals surface area contributed by atoms with Gasteiger partial charge in [-0.15, -0.1) is 0 Å². The average molecular weight is 310 g/mol. The van der Waals surface area contributed by atoms with Crippen LogP contribution in [0.1, 0.15) is 52.4 Å². The van der Waals surface area contributed by atoms with Crippen LogP contribution in [0.4, 0.5) is 0 Å². The third-order valence-corrected chi connectivity index (χ3v) is 6.73. The summed E-state index contributed by atoms with van der Waals surface area (Å²) in [6, 6.07) is -0.408. The molecule has 3 aliphatic heterocycles. The average Bonchev–Trinajstić information content (AvgIpc) is 2.92. The van der Waals surface area contributed by atoms with Gasteiger partial charge in [-0.1, -0.05) is 6.92 Å². The normalized spacial score (nSPS) is 37.0. The van der Waals surface area contributed by atoms with E-state index in [-0.39, 0.29) is 28.6 Å². The summed E-state index contributed by atoms with van der Waals surface area (Å²) in [5.41, 5.74) is 0. The molecule has 5 heteroatoms. The first kappa shape index (κ1) is 15.2. The first-order valence-corrected chi connectivity index (χ1v) is 9.29. The third kappa shape index (κ3) is 2.69. The van der Waals surface area contributed by atoms with Crippen molar-refractivity contribution in [2.45, 2.75) is 69.2 Å². The Bertz CT molecular complexity index is 434. The second-order valence-electron chi connectivity index (χ2n) is 6.84. The van der Waals surface area contributed by atoms with Crippen LogP contribution in [0.3, 0.4) is 0 Å². The fraction of sp³-hybridized carbons (Fsp3) is 0.875. The molecule has 0 spiro atoms. The summed E-state index contributed by atoms with van der Waals surface area (Å²) < 4.78 is 0.139. The number of hydrogen-bond donors (Lipinski definition) is 0. The van der Waals surface area contributed by atoms with Gasteiger partial charge >= 0.3 is 0 Å². The molecule has 3 saturated heterocycles. The van der Waals surface area contributed by atoms with Crippen LogP contribution >= 0.6 is 11.8 Å². The fourth-order valence-electron chi connectivity index (χ4n) is 4.03. The largest absolute Gasteiger partial charge is 0.329 e. The molecule has 4 nitrogen and oxygen atoms in total. The molecular weight excluding hydrogens is 284 g/mol. The topological polar surface area (TPSA) is 40.6 Å². The number of nitrogens with zero attached hydrogens (tertiary/aromatic N) is 2. The van der Waals surface area contributed by atoms with Gasteiger partial charge in [0.25, 0.3) is 0 Å². The molecule has 0 aromatic heterocycles. The predicted molar refractivity (Wildman–Crippen MR) is 85.2 cm³/mol. The summed E-state index contributed by atoms with van der Waals surface area (Å²) in [6.07, 6.45) is 6.07. The number of carbonyl (C=O) groups excluding carboxylic acids is 2. The van der Waals surface area contributed by atoms with Crippen LogP contribution in [0.2, 0.25) is 0 Å². The lowest BCUT2D eigenvalue weighted by Crippen LogP contribution is -2.67. The standard InChI is InChI=1S/C16H26N2O2S/c1-3-12-14(19)17-9-5-4-7-13(17)15(20)18(12)11-16(2)8-6-10-21-16/h12-13H,3-11H2,1-2H3. The van der Waals surface area contributed by atoms with E-state index in [4.69, 9.17) is 0 Å². The van der Waals surface area contributed by atoms with Crippen molar-refractivity contribution in [1.82, 2.24) is 9.80 Å². The van der Waals surface area contributed by atoms with Crippen LogP contribution < -0.4 is 0 Å². The van der Waals surface area contributed by atoms with Gasteiger partial charge in [-0.05, 0) is 51.2 Å². The monoisotopic (exact) mass is 310 g/mol. The van der Waals surface area contributed by atoms with Crippen LogP contribution in [0, 0.1) is 0 Å². The van der Waals surface area contributed by atoms with Gasteiger partial charge < -0.3 is 9.80 Å². The van der Waals surface area contributed by atoms with Crippen molar-refractivity contribution in [3.8, 4) is 0 Å². The minimum absolute atomic E-state index is 0.139. The Morgan fingerprint density at radius 2 is 2.05 bits per heavy atom. The van der Waals surface area contributed by atoms with Crippen LogP contribution in [-0.2, 0) is 9.59 Å². The van der Waals surface area contributed by atoms with Gasteiger partial charge in [0.15, 0.2) is 0 Å². The zero-order valence-electron chi connectivity index (χ0n) is 13.1. The van der Waals surface area contributed by atoms with Gasteiger partial charge in [0.05, 0.1) is 0 Å². The number of hydrogen-bond acceptors (Lipinski definition) is 3. The Kier molecular flexibility index (Phi) is 4.21. The number of fused-ring (bicyclic) bond motifs is 1. The molecular formula is C16H26N2O2S. The zero-order chi connectivity index (χ0) is 15.0. The van der Waals surface area contributed by atoms with E-state index < -0.39 is 0 Å². The van der Waals surface area contributed by atoms with Gasteiger partial charge in [0.1, 0.15) is 12.1 Å². The minimum atomic E-state index is -0.232. The molecule has 0 saturated carbocycles. The molecule has 3 unspecified atom stereocenters. The highest BCUT2D eigenvalue weighted by atomic mass is 32.2. The highest BCUT2D eigenvalue weighted by Crippen LogP contribution is 2.40. The second-order valence-corrected chi connectivity index (χ2v) is 8.52. The summed E-state index contributed by atoms with van der Waals surface area (Å²) in [5.74, 6) is 1.57. The van der Waals surface area contributed by atoms with Gasteiger partial charge in [-0.2, -0.15) is 11.8 Å². The van der Waals surface area contributed by atoms with E-state index in [1.807, 2.05) is 28.5 Å². The number of piperidine rings is 1. The molecule has 0 bridgehead atoms. The molecule has 0 radical (unpaired) electrons. The first-order valence-electron chi connectivity index (χ1n) is 8.31. The minimum Gasteiger partial charge on any atom is -0.329 e. The second kappa shape index (κ2) is 5.82. The van der Waals surface area contributed by atoms with Crippen molar-refractivity contribution in [1.29, 1.82) is 0 Å². The van der Waals surface area contributed by atoms with Crippen molar-refractivity contribution >= 4 is 23.6 Å². The maximum atomic E-state index is 12.9. The molecule has 3 aliphatic rings. The Labute approximate surface area is 131 Å². The Hall–Kier alpha value is -0.710. The molecule has 0 aromatic rings. The van der Waals surface area contributed by atoms with Crippen molar-refractivity contribution in [3.05, 3.63) is 0 Å². The molecule has 3 fully saturated rings. The maximum Gasteiger partial charge on any atom is 0.246 e. The fourth-order valence-corrected chi connectivity index (χ4v) is 5.33. The van der Waals surface area contributed by atoms with Crippen LogP contribution in [0.25, 0.3) is 0 Å². The van der Waals surface area contributed by atoms with E-state index in [0.717, 1.165) is 45.2 Å². The molecule has 3 heterocycles. The van der Waals surface area contributed by atoms with Gasteiger partial charge in [0.2, 0.25) is 11.8 Å². The van der Waals surface area contributed by atoms with Crippen LogP contribution in [-0.4, -0.2) is 57.3 Å². The maximum absolute atomic E-state index is 12.9. The summed E-state index contributed by atoms with van der Waals surface area (Å²) in [5, 5.41) is 0. The van der Waals surface area contributed by atoms with E-state index in [1.165, 1.54) is 12.2 Å². The van der Waals surface area contributed by atoms with Crippen molar-refractivity contribution < 1.29 is 9.59 Å². The van der Waals surface area contributed by atoms with Crippen molar-refractivity contribution in [2.75, 3.05) is 18.8 Å². The molecule has 0 N–H and O–H groups in total. The Balaban J connectivity index is 1.83. The van der Waals surface area contributed by atoms with Crippen molar-refractivity contribution in [3.63, 3.8) is 0 Å². The summed E-state index contributed by atoms with van der Waals surface area (Å²) in [7, 11) is 0. The van der Waals surface area contributed by atoms with E-state index >= 15 is 0 Å². The lowest BCUT2D eigenvalue weighted by Gasteiger charge is -2.48. The number of carbonyl (C=O) groups is 2. The highest BCUT2D eigenvalue weighted by Gasteiger charge is 2.47. The van der Waals surface area contributed by atoms with E-state index in [2.05, 4.69) is 6.92 Å². The SMILES string of the molecule is CCC1C(=O)N2CCCCC2C(=O)N1CC1(C)CCCS1. The van der Waals surface area contributed by atoms with E-state index in [0.29, 0.717) is 0 Å². The lowest BCUT2D eigenvalue weighted by atomic mass is 9.93. The third-order valence-electron chi connectivity index (χ3n) is 5.21. The number of piperazine rings is 1. The summed E-state index contributed by atoms with van der Waals surface area (Å²) in [6.45, 7) is 5.79. The zero-order valence-corrected chi connectivity index (χ0v) is 14.0. The van der Waals surface area contributed by atoms with E-state index in [9.17, 15) is 9.59 Å². The van der Waals surface area contributed by atoms with Crippen LogP contribution in [0.5, 0.6) is 0 Å². The molecule has 3 atom stereocenters. The van der Waals surface area contributed by atoms with Crippen molar-refractivity contribution in [2.24, 2.45) is 0 Å². The smallest absolute Gasteiger partial charge is 0.246 e. The van der Waals surface area contributed by atoms with Crippen LogP contribution in [0.15, 0.2) is 0 Å². The Morgan fingerprint density at radius 1 is 1.24 bits per heavy atom. The lowest BCUT2D eigenvalue weighted by molar-refractivity contribution is -0.164.